The second-order valence-electron chi connectivity index (χ2n) is 2.92. The van der Waals surface area contributed by atoms with E-state index in [1.807, 2.05) is 0 Å². The van der Waals surface area contributed by atoms with Crippen molar-refractivity contribution in [3.8, 4) is 5.75 Å². The Hall–Kier alpha value is -1.29. The van der Waals surface area contributed by atoms with E-state index in [0.29, 0.717) is 6.54 Å². The molecule has 0 aliphatic heterocycles. The lowest BCUT2D eigenvalue weighted by Gasteiger charge is -2.07. The summed E-state index contributed by atoms with van der Waals surface area (Å²) in [6.07, 6.45) is 0.869. The fraction of sp³-hybridized carbons (Fsp3) is 0.400. The number of halogens is 1. The average molecular weight is 198 g/mol. The molecule has 0 heterocycles. The zero-order valence-corrected chi connectivity index (χ0v) is 8.22. The highest BCUT2D eigenvalue weighted by Crippen LogP contribution is 2.20. The fourth-order valence-electron chi connectivity index (χ4n) is 1.11. The highest BCUT2D eigenvalue weighted by Gasteiger charge is 2.02. The van der Waals surface area contributed by atoms with Crippen LogP contribution in [-0.2, 0) is 0 Å². The van der Waals surface area contributed by atoms with Crippen molar-refractivity contribution in [2.75, 3.05) is 25.5 Å². The number of nitrogens with two attached hydrogens (primary N) is 1. The van der Waals surface area contributed by atoms with Gasteiger partial charge in [-0.2, -0.15) is 0 Å². The van der Waals surface area contributed by atoms with Gasteiger partial charge in [0.15, 0.2) is 11.6 Å². The molecule has 0 fully saturated rings. The monoisotopic (exact) mass is 198 g/mol. The molecular weight excluding hydrogens is 183 g/mol. The van der Waals surface area contributed by atoms with Crippen LogP contribution in [0.3, 0.4) is 0 Å². The lowest BCUT2D eigenvalue weighted by atomic mass is 10.3. The third kappa shape index (κ3) is 2.88. The summed E-state index contributed by atoms with van der Waals surface area (Å²) < 4.78 is 18.0. The molecule has 3 N–H and O–H groups in total. The summed E-state index contributed by atoms with van der Waals surface area (Å²) in [5, 5.41) is 3.06. The number of benzene rings is 1. The maximum atomic E-state index is 13.2. The van der Waals surface area contributed by atoms with Crippen molar-refractivity contribution in [2.24, 2.45) is 5.73 Å². The predicted octanol–water partition coefficient (Wildman–Crippen LogP) is 1.59. The molecule has 1 rings (SSSR count). The highest BCUT2D eigenvalue weighted by molar-refractivity contribution is 5.47. The topological polar surface area (TPSA) is 47.3 Å². The molecule has 0 aliphatic rings. The molecule has 1 aromatic carbocycles. The number of nitrogens with one attached hydrogen (secondary N) is 1. The third-order valence-electron chi connectivity index (χ3n) is 1.86. The summed E-state index contributed by atoms with van der Waals surface area (Å²) in [7, 11) is 1.44. The Balaban J connectivity index is 2.57. The van der Waals surface area contributed by atoms with Crippen LogP contribution in [-0.4, -0.2) is 20.2 Å². The molecule has 0 unspecified atom stereocenters. The smallest absolute Gasteiger partial charge is 0.167 e. The fourth-order valence-corrected chi connectivity index (χ4v) is 1.11. The Kier molecular flexibility index (Phi) is 4.19. The Bertz CT molecular complexity index is 291. The van der Waals surface area contributed by atoms with Crippen molar-refractivity contribution in [3.63, 3.8) is 0 Å². The SMILES string of the molecule is COc1ccc(NCCCN)cc1F. The lowest BCUT2D eigenvalue weighted by molar-refractivity contribution is 0.386. The van der Waals surface area contributed by atoms with Gasteiger partial charge in [0.2, 0.25) is 0 Å². The van der Waals surface area contributed by atoms with Crippen molar-refractivity contribution in [3.05, 3.63) is 24.0 Å². The van der Waals surface area contributed by atoms with E-state index in [9.17, 15) is 4.39 Å². The maximum absolute atomic E-state index is 13.2. The summed E-state index contributed by atoms with van der Waals surface area (Å²) in [6.45, 7) is 1.38. The van der Waals surface area contributed by atoms with Crippen molar-refractivity contribution in [2.45, 2.75) is 6.42 Å². The van der Waals surface area contributed by atoms with Crippen LogP contribution in [0.5, 0.6) is 5.75 Å². The van der Waals surface area contributed by atoms with E-state index in [1.54, 1.807) is 12.1 Å². The van der Waals surface area contributed by atoms with Gasteiger partial charge in [0.05, 0.1) is 7.11 Å². The number of hydrogen-bond donors (Lipinski definition) is 2. The maximum Gasteiger partial charge on any atom is 0.167 e. The Morgan fingerprint density at radius 2 is 2.29 bits per heavy atom. The van der Waals surface area contributed by atoms with Gasteiger partial charge in [-0.25, -0.2) is 4.39 Å². The summed E-state index contributed by atoms with van der Waals surface area (Å²) in [6, 6.07) is 4.79. The van der Waals surface area contributed by atoms with Gasteiger partial charge in [0, 0.05) is 18.3 Å². The van der Waals surface area contributed by atoms with E-state index in [1.165, 1.54) is 13.2 Å². The standard InChI is InChI=1S/C10H15FN2O/c1-14-10-4-3-8(7-9(10)11)13-6-2-5-12/h3-4,7,13H,2,5-6,12H2,1H3. The van der Waals surface area contributed by atoms with Crippen molar-refractivity contribution in [1.82, 2.24) is 0 Å². The van der Waals surface area contributed by atoms with Crippen LogP contribution in [0.4, 0.5) is 10.1 Å². The average Bonchev–Trinajstić information content (AvgIpc) is 2.18. The number of hydrogen-bond acceptors (Lipinski definition) is 3. The molecule has 14 heavy (non-hydrogen) atoms. The molecule has 0 bridgehead atoms. The summed E-state index contributed by atoms with van der Waals surface area (Å²) in [5.41, 5.74) is 6.08. The summed E-state index contributed by atoms with van der Waals surface area (Å²) >= 11 is 0. The third-order valence-corrected chi connectivity index (χ3v) is 1.86. The molecule has 1 aromatic rings. The second-order valence-corrected chi connectivity index (χ2v) is 2.92. The normalized spacial score (nSPS) is 9.93. The summed E-state index contributed by atoms with van der Waals surface area (Å²) in [5.74, 6) is -0.0976. The summed E-state index contributed by atoms with van der Waals surface area (Å²) in [4.78, 5) is 0. The van der Waals surface area contributed by atoms with Gasteiger partial charge in [-0.1, -0.05) is 0 Å². The second kappa shape index (κ2) is 5.44. The van der Waals surface area contributed by atoms with Crippen LogP contribution in [0, 0.1) is 5.82 Å². The Morgan fingerprint density at radius 3 is 2.86 bits per heavy atom. The number of rotatable bonds is 5. The first-order valence-electron chi connectivity index (χ1n) is 4.55. The van der Waals surface area contributed by atoms with Crippen LogP contribution < -0.4 is 15.8 Å². The van der Waals surface area contributed by atoms with Gasteiger partial charge >= 0.3 is 0 Å². The van der Waals surface area contributed by atoms with Crippen LogP contribution in [0.2, 0.25) is 0 Å². The Labute approximate surface area is 83.1 Å². The molecule has 0 aliphatic carbocycles. The molecule has 0 radical (unpaired) electrons. The molecule has 0 spiro atoms. The predicted molar refractivity (Wildman–Crippen MR) is 55.1 cm³/mol. The minimum Gasteiger partial charge on any atom is -0.494 e. The minimum atomic E-state index is -0.356. The van der Waals surface area contributed by atoms with Gasteiger partial charge in [-0.15, -0.1) is 0 Å². The molecule has 0 saturated carbocycles. The van der Waals surface area contributed by atoms with Gasteiger partial charge < -0.3 is 15.8 Å². The van der Waals surface area contributed by atoms with Gasteiger partial charge in [-0.3, -0.25) is 0 Å². The first-order chi connectivity index (χ1) is 6.77. The van der Waals surface area contributed by atoms with E-state index in [0.717, 1.165) is 18.7 Å². The van der Waals surface area contributed by atoms with Gasteiger partial charge in [-0.05, 0) is 25.1 Å². The van der Waals surface area contributed by atoms with E-state index in [2.05, 4.69) is 5.32 Å². The quantitative estimate of drug-likeness (QED) is 0.706. The Morgan fingerprint density at radius 1 is 1.50 bits per heavy atom. The minimum absolute atomic E-state index is 0.259. The van der Waals surface area contributed by atoms with Crippen molar-refractivity contribution in [1.29, 1.82) is 0 Å². The van der Waals surface area contributed by atoms with E-state index in [-0.39, 0.29) is 11.6 Å². The highest BCUT2D eigenvalue weighted by atomic mass is 19.1. The van der Waals surface area contributed by atoms with E-state index < -0.39 is 0 Å². The molecule has 3 nitrogen and oxygen atoms in total. The van der Waals surface area contributed by atoms with E-state index in [4.69, 9.17) is 10.5 Å². The number of anilines is 1. The number of methoxy groups -OCH3 is 1. The van der Waals surface area contributed by atoms with Crippen molar-refractivity contribution < 1.29 is 9.13 Å². The zero-order valence-electron chi connectivity index (χ0n) is 8.22. The molecule has 4 heteroatoms. The molecule has 0 aromatic heterocycles. The molecule has 78 valence electrons. The first kappa shape index (κ1) is 10.8. The van der Waals surface area contributed by atoms with Crippen LogP contribution in [0.25, 0.3) is 0 Å². The molecule has 0 amide bonds. The zero-order chi connectivity index (χ0) is 10.4. The van der Waals surface area contributed by atoms with Crippen molar-refractivity contribution >= 4 is 5.69 Å². The largest absolute Gasteiger partial charge is 0.494 e. The van der Waals surface area contributed by atoms with E-state index >= 15 is 0 Å². The molecule has 0 saturated heterocycles. The van der Waals surface area contributed by atoms with Gasteiger partial charge in [0.1, 0.15) is 0 Å². The van der Waals surface area contributed by atoms with Crippen LogP contribution >= 0.6 is 0 Å². The number of ether oxygens (including phenoxy) is 1. The molecule has 0 atom stereocenters. The first-order valence-corrected chi connectivity index (χ1v) is 4.55. The van der Waals surface area contributed by atoms with Crippen LogP contribution in [0.15, 0.2) is 18.2 Å². The van der Waals surface area contributed by atoms with Gasteiger partial charge in [0.25, 0.3) is 0 Å². The van der Waals surface area contributed by atoms with Crippen LogP contribution in [0.1, 0.15) is 6.42 Å². The lowest BCUT2D eigenvalue weighted by Crippen LogP contribution is -2.08. The molecular formula is C10H15FN2O.